The van der Waals surface area contributed by atoms with Crippen molar-refractivity contribution in [2.24, 2.45) is 0 Å². The molecule has 1 fully saturated rings. The average molecular weight is 375 g/mol. The molecule has 1 saturated heterocycles. The molecule has 1 aliphatic rings. The zero-order chi connectivity index (χ0) is 18.1. The molecule has 0 saturated carbocycles. The Labute approximate surface area is 152 Å². The highest BCUT2D eigenvalue weighted by atomic mass is 32.2. The lowest BCUT2D eigenvalue weighted by molar-refractivity contribution is -0.0511. The highest BCUT2D eigenvalue weighted by Gasteiger charge is 2.44. The Kier molecular flexibility index (Phi) is 4.83. The number of thioether (sulfide) groups is 1. The first kappa shape index (κ1) is 17.3. The first-order valence-electron chi connectivity index (χ1n) is 8.01. The van der Waals surface area contributed by atoms with Gasteiger partial charge in [0.2, 0.25) is 0 Å². The van der Waals surface area contributed by atoms with Crippen LogP contribution < -0.4 is 0 Å². The summed E-state index contributed by atoms with van der Waals surface area (Å²) < 4.78 is 7.10. The molecule has 4 atom stereocenters. The number of hydrogen-bond acceptors (Lipinski definition) is 9. The van der Waals surface area contributed by atoms with Gasteiger partial charge in [0.05, 0.1) is 18.6 Å². The average Bonchev–Trinajstić information content (AvgIpc) is 3.23. The van der Waals surface area contributed by atoms with Gasteiger partial charge < -0.3 is 20.1 Å². The third-order valence-corrected chi connectivity index (χ3v) is 5.21. The number of imidazole rings is 1. The van der Waals surface area contributed by atoms with Crippen LogP contribution in [-0.2, 0) is 10.5 Å². The van der Waals surface area contributed by atoms with Crippen LogP contribution in [0.5, 0.6) is 0 Å². The molecule has 4 heterocycles. The molecule has 3 aromatic rings. The minimum absolute atomic E-state index is 0.387. The molecule has 1 aliphatic heterocycles. The molecule has 3 aromatic heterocycles. The number of pyridine rings is 1. The number of ether oxygens (including phenoxy) is 1. The molecular weight excluding hydrogens is 358 g/mol. The zero-order valence-electron chi connectivity index (χ0n) is 13.6. The minimum atomic E-state index is -1.19. The van der Waals surface area contributed by atoms with Gasteiger partial charge in [-0.2, -0.15) is 0 Å². The van der Waals surface area contributed by atoms with Gasteiger partial charge in [0.25, 0.3) is 0 Å². The van der Waals surface area contributed by atoms with E-state index in [2.05, 4.69) is 19.9 Å². The maximum atomic E-state index is 10.2. The van der Waals surface area contributed by atoms with Crippen molar-refractivity contribution < 1.29 is 20.1 Å². The monoisotopic (exact) mass is 375 g/mol. The first-order valence-corrected chi connectivity index (χ1v) is 9.00. The topological polar surface area (TPSA) is 126 Å². The van der Waals surface area contributed by atoms with E-state index in [1.54, 1.807) is 10.8 Å². The van der Waals surface area contributed by atoms with Crippen LogP contribution in [0.4, 0.5) is 0 Å². The van der Waals surface area contributed by atoms with E-state index in [9.17, 15) is 15.3 Å². The van der Waals surface area contributed by atoms with Crippen LogP contribution in [0.3, 0.4) is 0 Å². The molecule has 0 radical (unpaired) electrons. The third kappa shape index (κ3) is 3.06. The summed E-state index contributed by atoms with van der Waals surface area (Å²) in [5.74, 6) is 0.633. The fourth-order valence-electron chi connectivity index (χ4n) is 2.86. The zero-order valence-corrected chi connectivity index (χ0v) is 14.4. The highest BCUT2D eigenvalue weighted by molar-refractivity contribution is 7.98. The van der Waals surface area contributed by atoms with Crippen molar-refractivity contribution in [3.63, 3.8) is 0 Å². The minimum Gasteiger partial charge on any atom is -0.394 e. The fourth-order valence-corrected chi connectivity index (χ4v) is 3.72. The van der Waals surface area contributed by atoms with E-state index in [1.807, 2.05) is 18.2 Å². The highest BCUT2D eigenvalue weighted by Crippen LogP contribution is 2.33. The van der Waals surface area contributed by atoms with Gasteiger partial charge in [-0.1, -0.05) is 17.8 Å². The number of fused-ring (bicyclic) bond motifs is 1. The van der Waals surface area contributed by atoms with Gasteiger partial charge in [0.15, 0.2) is 11.9 Å². The Morgan fingerprint density at radius 2 is 2.00 bits per heavy atom. The second-order valence-corrected chi connectivity index (χ2v) is 6.81. The van der Waals surface area contributed by atoms with Crippen LogP contribution in [0.2, 0.25) is 0 Å². The Bertz CT molecular complexity index is 893. The molecule has 0 spiro atoms. The van der Waals surface area contributed by atoms with Gasteiger partial charge in [0, 0.05) is 11.9 Å². The smallest absolute Gasteiger partial charge is 0.166 e. The van der Waals surface area contributed by atoms with Crippen molar-refractivity contribution in [3.8, 4) is 0 Å². The first-order chi connectivity index (χ1) is 12.7. The summed E-state index contributed by atoms with van der Waals surface area (Å²) in [6, 6.07) is 5.72. The van der Waals surface area contributed by atoms with E-state index in [-0.39, 0.29) is 6.61 Å². The summed E-state index contributed by atoms with van der Waals surface area (Å²) in [6.07, 6.45) is 0.545. The Hall–Kier alpha value is -2.11. The van der Waals surface area contributed by atoms with Gasteiger partial charge in [-0.15, -0.1) is 0 Å². The molecule has 3 N–H and O–H groups in total. The number of hydrogen-bond donors (Lipinski definition) is 3. The number of aliphatic hydroxyl groups is 3. The summed E-state index contributed by atoms with van der Waals surface area (Å²) in [4.78, 5) is 17.2. The van der Waals surface area contributed by atoms with Crippen LogP contribution in [0.1, 0.15) is 11.9 Å². The molecule has 0 aromatic carbocycles. The van der Waals surface area contributed by atoms with Gasteiger partial charge in [-0.05, 0) is 12.1 Å². The molecule has 0 aliphatic carbocycles. The quantitative estimate of drug-likeness (QED) is 0.421. The second-order valence-electron chi connectivity index (χ2n) is 5.84. The van der Waals surface area contributed by atoms with E-state index in [1.165, 1.54) is 24.4 Å². The summed E-state index contributed by atoms with van der Waals surface area (Å²) >= 11 is 1.48. The van der Waals surface area contributed by atoms with Crippen LogP contribution in [0.15, 0.2) is 42.1 Å². The molecule has 4 rings (SSSR count). The molecule has 0 unspecified atom stereocenters. The standard InChI is InChI=1S/C16H17N5O4S/c22-5-10-12(23)13(24)16(25-10)21-8-20-11-14(21)18-7-19-15(11)26-6-9-3-1-2-4-17-9/h1-4,7-8,10,12-13,16,22-24H,5-6H2/t10-,12+,13-,16+/m0/s1. The van der Waals surface area contributed by atoms with Crippen molar-refractivity contribution in [1.29, 1.82) is 0 Å². The maximum Gasteiger partial charge on any atom is 0.166 e. The lowest BCUT2D eigenvalue weighted by Crippen LogP contribution is -2.33. The molecule has 26 heavy (non-hydrogen) atoms. The van der Waals surface area contributed by atoms with Crippen molar-refractivity contribution >= 4 is 22.9 Å². The van der Waals surface area contributed by atoms with E-state index < -0.39 is 24.5 Å². The molecule has 0 bridgehead atoms. The molecule has 0 amide bonds. The van der Waals surface area contributed by atoms with Crippen molar-refractivity contribution in [3.05, 3.63) is 42.7 Å². The lowest BCUT2D eigenvalue weighted by atomic mass is 10.1. The van der Waals surface area contributed by atoms with Crippen molar-refractivity contribution in [1.82, 2.24) is 24.5 Å². The molecule has 136 valence electrons. The van der Waals surface area contributed by atoms with E-state index in [0.29, 0.717) is 21.9 Å². The van der Waals surface area contributed by atoms with Gasteiger partial charge in [-0.3, -0.25) is 9.55 Å². The summed E-state index contributed by atoms with van der Waals surface area (Å²) in [7, 11) is 0. The summed E-state index contributed by atoms with van der Waals surface area (Å²) in [5.41, 5.74) is 1.98. The Morgan fingerprint density at radius 3 is 2.73 bits per heavy atom. The van der Waals surface area contributed by atoms with E-state index in [4.69, 9.17) is 4.74 Å². The van der Waals surface area contributed by atoms with Crippen molar-refractivity contribution in [2.75, 3.05) is 6.61 Å². The SMILES string of the molecule is OC[C@@H]1O[C@@H](n2cnc3c(SCc4ccccn4)ncnc32)[C@@H](O)[C@@H]1O. The number of rotatable bonds is 5. The summed E-state index contributed by atoms with van der Waals surface area (Å²) in [6.45, 7) is -0.387. The summed E-state index contributed by atoms with van der Waals surface area (Å²) in [5, 5.41) is 30.1. The fraction of sp³-hybridized carbons (Fsp3) is 0.375. The predicted octanol–water partition coefficient (Wildman–Crippen LogP) is 0.125. The normalized spacial score (nSPS) is 25.8. The van der Waals surface area contributed by atoms with E-state index in [0.717, 1.165) is 5.69 Å². The van der Waals surface area contributed by atoms with Crippen molar-refractivity contribution in [2.45, 2.75) is 35.3 Å². The largest absolute Gasteiger partial charge is 0.394 e. The maximum absolute atomic E-state index is 10.2. The number of nitrogens with zero attached hydrogens (tertiary/aromatic N) is 5. The van der Waals surface area contributed by atoms with Gasteiger partial charge >= 0.3 is 0 Å². The molecule has 10 heteroatoms. The second kappa shape index (κ2) is 7.25. The van der Waals surface area contributed by atoms with Crippen LogP contribution in [-0.4, -0.2) is 64.7 Å². The van der Waals surface area contributed by atoms with Crippen LogP contribution in [0.25, 0.3) is 11.2 Å². The third-order valence-electron chi connectivity index (χ3n) is 4.20. The van der Waals surface area contributed by atoms with Gasteiger partial charge in [0.1, 0.15) is 35.2 Å². The van der Waals surface area contributed by atoms with Crippen LogP contribution in [0, 0.1) is 0 Å². The Morgan fingerprint density at radius 1 is 1.12 bits per heavy atom. The number of aliphatic hydroxyl groups excluding tert-OH is 3. The lowest BCUT2D eigenvalue weighted by Gasteiger charge is -2.16. The van der Waals surface area contributed by atoms with Gasteiger partial charge in [-0.25, -0.2) is 15.0 Å². The molecule has 9 nitrogen and oxygen atoms in total. The number of aromatic nitrogens is 5. The van der Waals surface area contributed by atoms with E-state index >= 15 is 0 Å². The van der Waals surface area contributed by atoms with Crippen LogP contribution >= 0.6 is 11.8 Å². The molecular formula is C16H17N5O4S. The predicted molar refractivity (Wildman–Crippen MR) is 92.1 cm³/mol. The Balaban J connectivity index is 1.61.